The van der Waals surface area contributed by atoms with Crippen molar-refractivity contribution >= 4 is 5.97 Å². The van der Waals surface area contributed by atoms with Gasteiger partial charge in [-0.15, -0.1) is 0 Å². The van der Waals surface area contributed by atoms with Crippen molar-refractivity contribution in [3.63, 3.8) is 0 Å². The monoisotopic (exact) mass is 229 g/mol. The molecule has 4 heteroatoms. The quantitative estimate of drug-likeness (QED) is 0.780. The second kappa shape index (κ2) is 6.21. The smallest absolute Gasteiger partial charge is 0.303 e. The summed E-state index contributed by atoms with van der Waals surface area (Å²) >= 11 is 0. The number of ether oxygens (including phenoxy) is 1. The number of rotatable bonds is 5. The predicted molar refractivity (Wildman–Crippen MR) is 62.5 cm³/mol. The predicted octanol–water partition coefficient (Wildman–Crippen LogP) is 1.74. The molecule has 1 aliphatic rings. The fourth-order valence-electron chi connectivity index (χ4n) is 2.26. The number of hydrogen-bond donors (Lipinski definition) is 1. The van der Waals surface area contributed by atoms with Crippen LogP contribution < -0.4 is 0 Å². The summed E-state index contributed by atoms with van der Waals surface area (Å²) in [4.78, 5) is 13.0. The minimum Gasteiger partial charge on any atom is -0.481 e. The van der Waals surface area contributed by atoms with Crippen LogP contribution in [0.15, 0.2) is 0 Å². The molecule has 0 saturated carbocycles. The first kappa shape index (κ1) is 13.5. The molecule has 0 aromatic carbocycles. The van der Waals surface area contributed by atoms with Crippen LogP contribution in [0, 0.1) is 0 Å². The second-order valence-electron chi connectivity index (χ2n) is 4.68. The topological polar surface area (TPSA) is 49.8 Å². The van der Waals surface area contributed by atoms with Gasteiger partial charge in [0.25, 0.3) is 0 Å². The Balaban J connectivity index is 2.49. The molecule has 0 bridgehead atoms. The van der Waals surface area contributed by atoms with E-state index in [4.69, 9.17) is 9.84 Å². The lowest BCUT2D eigenvalue weighted by Crippen LogP contribution is -2.52. The summed E-state index contributed by atoms with van der Waals surface area (Å²) in [6, 6.07) is 0.771. The van der Waals surface area contributed by atoms with Crippen LogP contribution in [0.25, 0.3) is 0 Å². The number of nitrogens with zero attached hydrogens (tertiary/aromatic N) is 1. The molecule has 1 saturated heterocycles. The maximum atomic E-state index is 10.6. The Labute approximate surface area is 97.6 Å². The maximum absolute atomic E-state index is 10.6. The summed E-state index contributed by atoms with van der Waals surface area (Å²) in [5.41, 5.74) is 0. The lowest BCUT2D eigenvalue weighted by molar-refractivity contribution is -0.137. The molecule has 0 aliphatic carbocycles. The number of carboxylic acids is 1. The molecule has 1 fully saturated rings. The normalized spacial score (nSPS) is 28.9. The fraction of sp³-hybridized carbons (Fsp3) is 0.917. The second-order valence-corrected chi connectivity index (χ2v) is 4.68. The first-order valence-corrected chi connectivity index (χ1v) is 6.13. The molecule has 0 aromatic heterocycles. The van der Waals surface area contributed by atoms with Gasteiger partial charge in [0.2, 0.25) is 0 Å². The van der Waals surface area contributed by atoms with Crippen molar-refractivity contribution < 1.29 is 14.6 Å². The Morgan fingerprint density at radius 1 is 1.62 bits per heavy atom. The highest BCUT2D eigenvalue weighted by atomic mass is 16.5. The molecule has 1 rings (SSSR count). The Morgan fingerprint density at radius 3 is 2.88 bits per heavy atom. The van der Waals surface area contributed by atoms with Crippen molar-refractivity contribution in [2.45, 2.75) is 58.2 Å². The number of carboxylic acid groups (broad SMARTS) is 1. The summed E-state index contributed by atoms with van der Waals surface area (Å²) in [6.07, 6.45) is 2.29. The highest BCUT2D eigenvalue weighted by Gasteiger charge is 2.28. The summed E-state index contributed by atoms with van der Waals surface area (Å²) < 4.78 is 5.63. The molecule has 0 radical (unpaired) electrons. The molecule has 1 heterocycles. The molecular formula is C12H23NO3. The highest BCUT2D eigenvalue weighted by molar-refractivity contribution is 5.66. The average molecular weight is 229 g/mol. The molecule has 16 heavy (non-hydrogen) atoms. The number of carbonyl (C=O) groups is 1. The van der Waals surface area contributed by atoms with Crippen LogP contribution in [0.5, 0.6) is 0 Å². The molecule has 3 atom stereocenters. The van der Waals surface area contributed by atoms with E-state index in [1.807, 2.05) is 0 Å². The van der Waals surface area contributed by atoms with E-state index < -0.39 is 5.97 Å². The summed E-state index contributed by atoms with van der Waals surface area (Å²) in [6.45, 7) is 8.03. The van der Waals surface area contributed by atoms with Gasteiger partial charge in [-0.1, -0.05) is 6.92 Å². The average Bonchev–Trinajstić information content (AvgIpc) is 2.25. The fourth-order valence-corrected chi connectivity index (χ4v) is 2.26. The van der Waals surface area contributed by atoms with Gasteiger partial charge in [0, 0.05) is 25.0 Å². The van der Waals surface area contributed by atoms with Crippen molar-refractivity contribution in [1.29, 1.82) is 0 Å². The molecular weight excluding hydrogens is 206 g/mol. The first-order chi connectivity index (χ1) is 7.54. The van der Waals surface area contributed by atoms with E-state index in [1.54, 1.807) is 0 Å². The number of aliphatic carboxylic acids is 1. The molecule has 3 unspecified atom stereocenters. The third-order valence-electron chi connectivity index (χ3n) is 3.32. The van der Waals surface area contributed by atoms with Gasteiger partial charge in [-0.3, -0.25) is 9.69 Å². The molecule has 0 spiro atoms. The van der Waals surface area contributed by atoms with E-state index in [0.29, 0.717) is 12.1 Å². The van der Waals surface area contributed by atoms with E-state index in [9.17, 15) is 4.79 Å². The molecule has 0 aromatic rings. The third kappa shape index (κ3) is 3.76. The maximum Gasteiger partial charge on any atom is 0.303 e. The lowest BCUT2D eigenvalue weighted by atomic mass is 10.0. The van der Waals surface area contributed by atoms with Gasteiger partial charge in [-0.25, -0.2) is 0 Å². The van der Waals surface area contributed by atoms with E-state index >= 15 is 0 Å². The number of morpholine rings is 1. The number of hydrogen-bond acceptors (Lipinski definition) is 3. The lowest BCUT2D eigenvalue weighted by Gasteiger charge is -2.42. The summed E-state index contributed by atoms with van der Waals surface area (Å²) in [7, 11) is 0. The molecule has 4 nitrogen and oxygen atoms in total. The van der Waals surface area contributed by atoms with Gasteiger partial charge in [0.05, 0.1) is 12.7 Å². The molecule has 1 N–H and O–H groups in total. The van der Waals surface area contributed by atoms with Crippen LogP contribution in [0.1, 0.15) is 40.0 Å². The highest BCUT2D eigenvalue weighted by Crippen LogP contribution is 2.19. The molecule has 0 amide bonds. The van der Waals surface area contributed by atoms with E-state index in [1.165, 1.54) is 0 Å². The third-order valence-corrected chi connectivity index (χ3v) is 3.32. The van der Waals surface area contributed by atoms with Crippen LogP contribution in [0.4, 0.5) is 0 Å². The molecule has 1 aliphatic heterocycles. The van der Waals surface area contributed by atoms with Gasteiger partial charge in [0.1, 0.15) is 0 Å². The first-order valence-electron chi connectivity index (χ1n) is 6.13. The SMILES string of the molecule is CCC1COC(C)CN1C(C)CCC(=O)O. The van der Waals surface area contributed by atoms with Gasteiger partial charge < -0.3 is 9.84 Å². The Hall–Kier alpha value is -0.610. The molecule has 94 valence electrons. The van der Waals surface area contributed by atoms with Crippen molar-refractivity contribution in [2.75, 3.05) is 13.2 Å². The Kier molecular flexibility index (Phi) is 5.22. The zero-order chi connectivity index (χ0) is 12.1. The Morgan fingerprint density at radius 2 is 2.31 bits per heavy atom. The summed E-state index contributed by atoms with van der Waals surface area (Å²) in [5, 5.41) is 8.69. The van der Waals surface area contributed by atoms with Gasteiger partial charge >= 0.3 is 5.97 Å². The van der Waals surface area contributed by atoms with Crippen molar-refractivity contribution in [3.05, 3.63) is 0 Å². The van der Waals surface area contributed by atoms with Crippen LogP contribution in [-0.2, 0) is 9.53 Å². The van der Waals surface area contributed by atoms with Crippen LogP contribution in [0.3, 0.4) is 0 Å². The zero-order valence-electron chi connectivity index (χ0n) is 10.5. The summed E-state index contributed by atoms with van der Waals surface area (Å²) in [5.74, 6) is -0.707. The van der Waals surface area contributed by atoms with E-state index in [0.717, 1.165) is 26.0 Å². The van der Waals surface area contributed by atoms with Crippen LogP contribution in [0.2, 0.25) is 0 Å². The van der Waals surface area contributed by atoms with Crippen molar-refractivity contribution in [3.8, 4) is 0 Å². The standard InChI is InChI=1S/C12H23NO3/c1-4-11-8-16-10(3)7-13(11)9(2)5-6-12(14)15/h9-11H,4-8H2,1-3H3,(H,14,15). The van der Waals surface area contributed by atoms with Crippen molar-refractivity contribution in [1.82, 2.24) is 4.90 Å². The van der Waals surface area contributed by atoms with Gasteiger partial charge in [-0.05, 0) is 26.7 Å². The Bertz CT molecular complexity index is 232. The zero-order valence-corrected chi connectivity index (χ0v) is 10.5. The minimum atomic E-state index is -0.707. The van der Waals surface area contributed by atoms with Gasteiger partial charge in [-0.2, -0.15) is 0 Å². The van der Waals surface area contributed by atoms with E-state index in [2.05, 4.69) is 25.7 Å². The van der Waals surface area contributed by atoms with E-state index in [-0.39, 0.29) is 12.5 Å². The largest absolute Gasteiger partial charge is 0.481 e. The minimum absolute atomic E-state index is 0.253. The van der Waals surface area contributed by atoms with Crippen LogP contribution in [-0.4, -0.2) is 47.3 Å². The van der Waals surface area contributed by atoms with Gasteiger partial charge in [0.15, 0.2) is 0 Å². The van der Waals surface area contributed by atoms with Crippen LogP contribution >= 0.6 is 0 Å². The van der Waals surface area contributed by atoms with Crippen molar-refractivity contribution in [2.24, 2.45) is 0 Å².